The summed E-state index contributed by atoms with van der Waals surface area (Å²) in [7, 11) is 0. The Morgan fingerprint density at radius 3 is 1.81 bits per heavy atom. The maximum atomic E-state index is 12.0. The van der Waals surface area contributed by atoms with Crippen LogP contribution in [0.4, 0.5) is 0 Å². The molecular formula is C18H35NO2. The predicted octanol–water partition coefficient (Wildman–Crippen LogP) is 5.26. The van der Waals surface area contributed by atoms with Gasteiger partial charge in [0.1, 0.15) is 0 Å². The van der Waals surface area contributed by atoms with Crippen molar-refractivity contribution >= 4 is 5.97 Å². The largest absolute Gasteiger partial charge is 0.364 e. The maximum Gasteiger partial charge on any atom is 0.352 e. The topological polar surface area (TPSA) is 29.5 Å². The van der Waals surface area contributed by atoms with Crippen molar-refractivity contribution in [2.24, 2.45) is 0 Å². The second-order valence-electron chi connectivity index (χ2n) is 5.78. The summed E-state index contributed by atoms with van der Waals surface area (Å²) in [6.45, 7) is 12.0. The highest BCUT2D eigenvalue weighted by molar-refractivity contribution is 5.87. The Morgan fingerprint density at radius 2 is 1.38 bits per heavy atom. The average Bonchev–Trinajstić information content (AvgIpc) is 2.47. The van der Waals surface area contributed by atoms with Gasteiger partial charge < -0.3 is 4.84 Å². The van der Waals surface area contributed by atoms with E-state index in [-0.39, 0.29) is 5.97 Å². The van der Waals surface area contributed by atoms with Crippen LogP contribution in [0.3, 0.4) is 0 Å². The molecule has 0 aliphatic rings. The molecule has 0 aromatic carbocycles. The third-order valence-corrected chi connectivity index (χ3v) is 3.57. The van der Waals surface area contributed by atoms with E-state index in [9.17, 15) is 4.79 Å². The van der Waals surface area contributed by atoms with Crippen molar-refractivity contribution in [2.45, 2.75) is 85.0 Å². The first kappa shape index (κ1) is 20.2. The standard InChI is InChI=1S/C18H35NO2/c1-5-8-10-12-15-19(16-13-11-9-6-2)21-18(20)17(4)14-7-3/h4-16H2,1-3H3. The van der Waals surface area contributed by atoms with Crippen LogP contribution in [-0.4, -0.2) is 24.1 Å². The van der Waals surface area contributed by atoms with Gasteiger partial charge in [-0.05, 0) is 19.3 Å². The van der Waals surface area contributed by atoms with Gasteiger partial charge in [0.05, 0.1) is 0 Å². The summed E-state index contributed by atoms with van der Waals surface area (Å²) >= 11 is 0. The van der Waals surface area contributed by atoms with E-state index in [1.807, 2.05) is 12.0 Å². The summed E-state index contributed by atoms with van der Waals surface area (Å²) < 4.78 is 0. The molecule has 0 radical (unpaired) electrons. The van der Waals surface area contributed by atoms with E-state index in [0.717, 1.165) is 38.8 Å². The lowest BCUT2D eigenvalue weighted by Crippen LogP contribution is -2.30. The van der Waals surface area contributed by atoms with Crippen LogP contribution < -0.4 is 0 Å². The van der Waals surface area contributed by atoms with Crippen LogP contribution in [0.15, 0.2) is 12.2 Å². The fourth-order valence-electron chi connectivity index (χ4n) is 2.22. The molecule has 0 aromatic heterocycles. The Labute approximate surface area is 131 Å². The minimum absolute atomic E-state index is 0.247. The molecule has 0 fully saturated rings. The lowest BCUT2D eigenvalue weighted by molar-refractivity contribution is -0.186. The normalized spacial score (nSPS) is 10.9. The zero-order valence-electron chi connectivity index (χ0n) is 14.5. The van der Waals surface area contributed by atoms with Crippen molar-refractivity contribution < 1.29 is 9.63 Å². The van der Waals surface area contributed by atoms with E-state index < -0.39 is 0 Å². The van der Waals surface area contributed by atoms with Crippen LogP contribution in [0.25, 0.3) is 0 Å². The van der Waals surface area contributed by atoms with Gasteiger partial charge in [-0.1, -0.05) is 72.3 Å². The molecule has 0 bridgehead atoms. The smallest absolute Gasteiger partial charge is 0.352 e. The number of rotatable bonds is 14. The third kappa shape index (κ3) is 11.5. The molecule has 124 valence electrons. The number of hydrogen-bond acceptors (Lipinski definition) is 3. The maximum absolute atomic E-state index is 12.0. The van der Waals surface area contributed by atoms with Gasteiger partial charge in [0, 0.05) is 18.7 Å². The quantitative estimate of drug-likeness (QED) is 0.249. The molecule has 0 N–H and O–H groups in total. The molecule has 0 saturated carbocycles. The Balaban J connectivity index is 4.15. The fourth-order valence-corrected chi connectivity index (χ4v) is 2.22. The predicted molar refractivity (Wildman–Crippen MR) is 90.0 cm³/mol. The van der Waals surface area contributed by atoms with E-state index in [2.05, 4.69) is 20.4 Å². The zero-order valence-corrected chi connectivity index (χ0v) is 14.5. The Hall–Kier alpha value is -0.830. The van der Waals surface area contributed by atoms with Gasteiger partial charge in [0.25, 0.3) is 0 Å². The molecule has 0 amide bonds. The summed E-state index contributed by atoms with van der Waals surface area (Å²) in [5.41, 5.74) is 0.588. The molecule has 21 heavy (non-hydrogen) atoms. The molecular weight excluding hydrogens is 262 g/mol. The minimum atomic E-state index is -0.247. The Kier molecular flexibility index (Phi) is 13.6. The van der Waals surface area contributed by atoms with Crippen molar-refractivity contribution in [1.29, 1.82) is 0 Å². The summed E-state index contributed by atoms with van der Waals surface area (Å²) in [6, 6.07) is 0. The number of carbonyl (C=O) groups is 1. The zero-order chi connectivity index (χ0) is 15.9. The van der Waals surface area contributed by atoms with Crippen LogP contribution in [0.5, 0.6) is 0 Å². The molecule has 0 atom stereocenters. The molecule has 3 nitrogen and oxygen atoms in total. The molecule has 0 aromatic rings. The van der Waals surface area contributed by atoms with Gasteiger partial charge in [0.15, 0.2) is 0 Å². The van der Waals surface area contributed by atoms with E-state index >= 15 is 0 Å². The summed E-state index contributed by atoms with van der Waals surface area (Å²) in [6.07, 6.45) is 11.2. The van der Waals surface area contributed by atoms with Crippen molar-refractivity contribution in [3.05, 3.63) is 12.2 Å². The van der Waals surface area contributed by atoms with Crippen LogP contribution in [0, 0.1) is 0 Å². The summed E-state index contributed by atoms with van der Waals surface area (Å²) in [5, 5.41) is 1.86. The first-order valence-corrected chi connectivity index (χ1v) is 8.80. The van der Waals surface area contributed by atoms with Gasteiger partial charge >= 0.3 is 5.97 Å². The van der Waals surface area contributed by atoms with Crippen molar-refractivity contribution in [3.63, 3.8) is 0 Å². The van der Waals surface area contributed by atoms with E-state index in [4.69, 9.17) is 4.84 Å². The molecule has 0 saturated heterocycles. The highest BCUT2D eigenvalue weighted by Gasteiger charge is 2.14. The number of nitrogens with zero attached hydrogens (tertiary/aromatic N) is 1. The minimum Gasteiger partial charge on any atom is -0.364 e. The number of carbonyl (C=O) groups excluding carboxylic acids is 1. The molecule has 0 aliphatic heterocycles. The first-order valence-electron chi connectivity index (χ1n) is 8.80. The molecule has 0 unspecified atom stereocenters. The monoisotopic (exact) mass is 297 g/mol. The average molecular weight is 297 g/mol. The summed E-state index contributed by atoms with van der Waals surface area (Å²) in [4.78, 5) is 17.5. The number of hydroxylamine groups is 2. The molecule has 0 rings (SSSR count). The van der Waals surface area contributed by atoms with Gasteiger partial charge in [-0.25, -0.2) is 4.79 Å². The van der Waals surface area contributed by atoms with Crippen molar-refractivity contribution in [3.8, 4) is 0 Å². The number of hydrogen-bond donors (Lipinski definition) is 0. The van der Waals surface area contributed by atoms with Gasteiger partial charge in [-0.2, -0.15) is 0 Å². The molecule has 0 spiro atoms. The third-order valence-electron chi connectivity index (χ3n) is 3.57. The van der Waals surface area contributed by atoms with E-state index in [1.165, 1.54) is 38.5 Å². The van der Waals surface area contributed by atoms with Crippen molar-refractivity contribution in [1.82, 2.24) is 5.06 Å². The molecule has 0 aliphatic carbocycles. The van der Waals surface area contributed by atoms with Crippen LogP contribution >= 0.6 is 0 Å². The fraction of sp³-hybridized carbons (Fsp3) is 0.833. The van der Waals surface area contributed by atoms with Gasteiger partial charge in [-0.3, -0.25) is 0 Å². The lowest BCUT2D eigenvalue weighted by atomic mass is 10.2. The first-order chi connectivity index (χ1) is 10.2. The van der Waals surface area contributed by atoms with E-state index in [1.54, 1.807) is 0 Å². The Morgan fingerprint density at radius 1 is 0.857 bits per heavy atom. The van der Waals surface area contributed by atoms with Crippen molar-refractivity contribution in [2.75, 3.05) is 13.1 Å². The van der Waals surface area contributed by atoms with Gasteiger partial charge in [-0.15, -0.1) is 5.06 Å². The molecule has 0 heterocycles. The highest BCUT2D eigenvalue weighted by Crippen LogP contribution is 2.10. The second kappa shape index (κ2) is 14.1. The number of unbranched alkanes of at least 4 members (excludes halogenated alkanes) is 6. The summed E-state index contributed by atoms with van der Waals surface area (Å²) in [5.74, 6) is -0.247. The SMILES string of the molecule is C=C(CCC)C(=O)ON(CCCCCC)CCCCCC. The molecule has 3 heteroatoms. The van der Waals surface area contributed by atoms with Gasteiger partial charge in [0.2, 0.25) is 0 Å². The van der Waals surface area contributed by atoms with Crippen LogP contribution in [0.1, 0.15) is 85.0 Å². The van der Waals surface area contributed by atoms with E-state index in [0.29, 0.717) is 5.57 Å². The van der Waals surface area contributed by atoms with Crippen LogP contribution in [-0.2, 0) is 9.63 Å². The second-order valence-corrected chi connectivity index (χ2v) is 5.78. The highest BCUT2D eigenvalue weighted by atomic mass is 16.7. The lowest BCUT2D eigenvalue weighted by Gasteiger charge is -2.21. The van der Waals surface area contributed by atoms with Crippen LogP contribution in [0.2, 0.25) is 0 Å². The Bertz CT molecular complexity index is 264.